The molecule has 106 valence electrons. The summed E-state index contributed by atoms with van der Waals surface area (Å²) in [6.07, 6.45) is 5.04. The third kappa shape index (κ3) is 2.27. The molecule has 1 aromatic carbocycles. The van der Waals surface area contributed by atoms with Crippen LogP contribution in [0.4, 0.5) is 0 Å². The molecule has 0 aliphatic rings. The van der Waals surface area contributed by atoms with Gasteiger partial charge in [0.1, 0.15) is 0 Å². The maximum absolute atomic E-state index is 11.7. The number of hydrogen-bond acceptors (Lipinski definition) is 5. The number of carbonyl (C=O) groups is 1. The maximum Gasteiger partial charge on any atom is 0.337 e. The molecule has 3 aromatic rings. The Morgan fingerprint density at radius 2 is 2.09 bits per heavy atom. The van der Waals surface area contributed by atoms with Crippen molar-refractivity contribution in [3.63, 3.8) is 0 Å². The number of ether oxygens (including phenoxy) is 1. The van der Waals surface area contributed by atoms with Crippen molar-refractivity contribution in [1.29, 1.82) is 5.26 Å². The van der Waals surface area contributed by atoms with Crippen molar-refractivity contribution in [3.8, 4) is 17.2 Å². The Bertz CT molecular complexity index is 908. The Labute approximate surface area is 126 Å². The van der Waals surface area contributed by atoms with E-state index in [1.165, 1.54) is 7.11 Å². The molecular formula is C17H11N3O2. The van der Waals surface area contributed by atoms with E-state index >= 15 is 0 Å². The predicted octanol–water partition coefficient (Wildman–Crippen LogP) is 2.96. The molecule has 0 saturated carbocycles. The van der Waals surface area contributed by atoms with Crippen molar-refractivity contribution in [1.82, 2.24) is 9.97 Å². The van der Waals surface area contributed by atoms with Crippen molar-refractivity contribution < 1.29 is 9.53 Å². The number of aromatic nitrogens is 2. The van der Waals surface area contributed by atoms with E-state index in [2.05, 4.69) is 16.0 Å². The Kier molecular flexibility index (Phi) is 3.50. The first-order valence-corrected chi connectivity index (χ1v) is 6.56. The van der Waals surface area contributed by atoms with Crippen LogP contribution in [0.5, 0.6) is 0 Å². The molecule has 0 radical (unpaired) electrons. The molecule has 0 saturated heterocycles. The summed E-state index contributed by atoms with van der Waals surface area (Å²) in [5.74, 6) is -0.452. The van der Waals surface area contributed by atoms with Crippen LogP contribution < -0.4 is 0 Å². The molecule has 0 spiro atoms. The summed E-state index contributed by atoms with van der Waals surface area (Å²) in [6.45, 7) is 0. The average molecular weight is 289 g/mol. The van der Waals surface area contributed by atoms with Crippen LogP contribution in [-0.2, 0) is 4.74 Å². The summed E-state index contributed by atoms with van der Waals surface area (Å²) in [6, 6.07) is 10.7. The first kappa shape index (κ1) is 13.7. The van der Waals surface area contributed by atoms with Crippen molar-refractivity contribution in [2.45, 2.75) is 0 Å². The van der Waals surface area contributed by atoms with Gasteiger partial charge in [0.15, 0.2) is 0 Å². The number of pyridine rings is 2. The van der Waals surface area contributed by atoms with E-state index in [4.69, 9.17) is 4.74 Å². The van der Waals surface area contributed by atoms with Crippen LogP contribution in [0, 0.1) is 11.3 Å². The minimum Gasteiger partial charge on any atom is -0.465 e. The predicted molar refractivity (Wildman–Crippen MR) is 81.0 cm³/mol. The van der Waals surface area contributed by atoms with E-state index in [0.29, 0.717) is 22.3 Å². The van der Waals surface area contributed by atoms with Gasteiger partial charge in [-0.15, -0.1) is 0 Å². The highest BCUT2D eigenvalue weighted by Gasteiger charge is 2.14. The summed E-state index contributed by atoms with van der Waals surface area (Å²) >= 11 is 0. The topological polar surface area (TPSA) is 75.9 Å². The van der Waals surface area contributed by atoms with Crippen molar-refractivity contribution in [2.75, 3.05) is 7.11 Å². The van der Waals surface area contributed by atoms with Gasteiger partial charge >= 0.3 is 5.97 Å². The maximum atomic E-state index is 11.7. The van der Waals surface area contributed by atoms with Crippen LogP contribution >= 0.6 is 0 Å². The Morgan fingerprint density at radius 1 is 1.23 bits per heavy atom. The highest BCUT2D eigenvalue weighted by atomic mass is 16.5. The Morgan fingerprint density at radius 3 is 2.86 bits per heavy atom. The molecule has 0 bridgehead atoms. The van der Waals surface area contributed by atoms with E-state index in [9.17, 15) is 10.1 Å². The lowest BCUT2D eigenvalue weighted by Gasteiger charge is -2.09. The average Bonchev–Trinajstić information content (AvgIpc) is 2.60. The fraction of sp³-hybridized carbons (Fsp3) is 0.0588. The van der Waals surface area contributed by atoms with Gasteiger partial charge in [-0.05, 0) is 30.3 Å². The number of carbonyl (C=O) groups excluding carboxylic acids is 1. The lowest BCUT2D eigenvalue weighted by molar-refractivity contribution is 0.0601. The van der Waals surface area contributed by atoms with Crippen LogP contribution in [0.15, 0.2) is 48.9 Å². The molecule has 3 rings (SSSR count). The molecule has 0 atom stereocenters. The van der Waals surface area contributed by atoms with Gasteiger partial charge in [0.05, 0.1) is 29.8 Å². The molecular weight excluding hydrogens is 278 g/mol. The molecule has 5 heteroatoms. The monoisotopic (exact) mass is 289 g/mol. The quantitative estimate of drug-likeness (QED) is 0.678. The van der Waals surface area contributed by atoms with Crippen molar-refractivity contribution in [3.05, 3.63) is 60.0 Å². The van der Waals surface area contributed by atoms with E-state index in [1.807, 2.05) is 12.1 Å². The Hall–Kier alpha value is -3.26. The second-order valence-electron chi connectivity index (χ2n) is 4.63. The number of benzene rings is 1. The number of nitrogens with zero attached hydrogens (tertiary/aromatic N) is 3. The van der Waals surface area contributed by atoms with Gasteiger partial charge in [0.2, 0.25) is 0 Å². The minimum atomic E-state index is -0.452. The number of nitriles is 1. The van der Waals surface area contributed by atoms with E-state index in [-0.39, 0.29) is 0 Å². The number of fused-ring (bicyclic) bond motifs is 1. The minimum absolute atomic E-state index is 0.379. The molecule has 0 aliphatic carbocycles. The second kappa shape index (κ2) is 5.62. The molecule has 5 nitrogen and oxygen atoms in total. The molecule has 0 aliphatic heterocycles. The van der Waals surface area contributed by atoms with Crippen LogP contribution in [0.1, 0.15) is 15.9 Å². The van der Waals surface area contributed by atoms with Crippen molar-refractivity contribution in [2.24, 2.45) is 0 Å². The largest absolute Gasteiger partial charge is 0.465 e. The van der Waals surface area contributed by atoms with Gasteiger partial charge in [0.25, 0.3) is 0 Å². The zero-order valence-corrected chi connectivity index (χ0v) is 11.8. The standard InChI is InChI=1S/C17H11N3O2/c1-22-17(21)11-4-5-12(8-18)14(7-11)15-10-19-9-13-3-2-6-20-16(13)15/h2-7,9-10H,1H3. The molecule has 0 unspecified atom stereocenters. The first-order valence-electron chi connectivity index (χ1n) is 6.56. The second-order valence-corrected chi connectivity index (χ2v) is 4.63. The van der Waals surface area contributed by atoms with E-state index < -0.39 is 5.97 Å². The van der Waals surface area contributed by atoms with E-state index in [1.54, 1.807) is 36.8 Å². The first-order chi connectivity index (χ1) is 10.7. The summed E-state index contributed by atoms with van der Waals surface area (Å²) in [4.78, 5) is 20.3. The van der Waals surface area contributed by atoms with Crippen LogP contribution in [0.25, 0.3) is 22.0 Å². The zero-order chi connectivity index (χ0) is 15.5. The smallest absolute Gasteiger partial charge is 0.337 e. The fourth-order valence-electron chi connectivity index (χ4n) is 2.31. The number of hydrogen-bond donors (Lipinski definition) is 0. The van der Waals surface area contributed by atoms with Gasteiger partial charge in [-0.25, -0.2) is 4.79 Å². The van der Waals surface area contributed by atoms with Gasteiger partial charge in [0, 0.05) is 35.1 Å². The molecule has 2 aromatic heterocycles. The lowest BCUT2D eigenvalue weighted by atomic mass is 9.97. The normalized spacial score (nSPS) is 10.2. The lowest BCUT2D eigenvalue weighted by Crippen LogP contribution is -2.02. The Balaban J connectivity index is 2.30. The van der Waals surface area contributed by atoms with Gasteiger partial charge in [-0.1, -0.05) is 0 Å². The number of esters is 1. The van der Waals surface area contributed by atoms with Gasteiger partial charge in [-0.2, -0.15) is 5.26 Å². The van der Waals surface area contributed by atoms with E-state index in [0.717, 1.165) is 10.9 Å². The van der Waals surface area contributed by atoms with Gasteiger partial charge in [-0.3, -0.25) is 9.97 Å². The number of rotatable bonds is 2. The fourth-order valence-corrected chi connectivity index (χ4v) is 2.31. The summed E-state index contributed by atoms with van der Waals surface area (Å²) in [5, 5.41) is 10.2. The van der Waals surface area contributed by atoms with Crippen LogP contribution in [0.3, 0.4) is 0 Å². The zero-order valence-electron chi connectivity index (χ0n) is 11.8. The summed E-state index contributed by atoms with van der Waals surface area (Å²) < 4.78 is 4.74. The third-order valence-electron chi connectivity index (χ3n) is 3.36. The molecule has 22 heavy (non-hydrogen) atoms. The molecule has 0 N–H and O–H groups in total. The molecule has 2 heterocycles. The number of methoxy groups -OCH3 is 1. The van der Waals surface area contributed by atoms with Crippen LogP contribution in [0.2, 0.25) is 0 Å². The molecule has 0 amide bonds. The van der Waals surface area contributed by atoms with Crippen molar-refractivity contribution >= 4 is 16.9 Å². The summed E-state index contributed by atoms with van der Waals surface area (Å²) in [5.41, 5.74) is 2.88. The third-order valence-corrected chi connectivity index (χ3v) is 3.36. The highest BCUT2D eigenvalue weighted by molar-refractivity contribution is 5.97. The highest BCUT2D eigenvalue weighted by Crippen LogP contribution is 2.29. The summed E-state index contributed by atoms with van der Waals surface area (Å²) in [7, 11) is 1.32. The SMILES string of the molecule is COC(=O)c1ccc(C#N)c(-c2cncc3cccnc23)c1. The van der Waals surface area contributed by atoms with Gasteiger partial charge < -0.3 is 4.74 Å². The van der Waals surface area contributed by atoms with Crippen LogP contribution in [-0.4, -0.2) is 23.0 Å². The molecule has 0 fully saturated rings.